The number of nitrogens with zero attached hydrogens (tertiary/aromatic N) is 3. The molecule has 3 N–H and O–H groups in total. The van der Waals surface area contributed by atoms with Crippen molar-refractivity contribution in [1.29, 1.82) is 0 Å². The largest absolute Gasteiger partial charge is 0.352 e. The zero-order valence-electron chi connectivity index (χ0n) is 23.0. The van der Waals surface area contributed by atoms with Crippen molar-refractivity contribution in [2.75, 3.05) is 0 Å². The predicted octanol–water partition coefficient (Wildman–Crippen LogP) is 4.94. The van der Waals surface area contributed by atoms with E-state index in [1.807, 2.05) is 24.5 Å². The summed E-state index contributed by atoms with van der Waals surface area (Å²) in [5, 5.41) is 3.22. The van der Waals surface area contributed by atoms with Crippen LogP contribution in [0.5, 0.6) is 0 Å². The van der Waals surface area contributed by atoms with E-state index in [1.165, 1.54) is 11.1 Å². The van der Waals surface area contributed by atoms with Crippen molar-refractivity contribution in [1.82, 2.24) is 19.8 Å². The van der Waals surface area contributed by atoms with E-state index in [0.29, 0.717) is 25.1 Å². The van der Waals surface area contributed by atoms with Gasteiger partial charge in [0.2, 0.25) is 5.91 Å². The van der Waals surface area contributed by atoms with Gasteiger partial charge in [0.1, 0.15) is 6.04 Å². The molecule has 1 fully saturated rings. The number of nitrogens with one attached hydrogen (secondary N) is 1. The second kappa shape index (κ2) is 11.3. The summed E-state index contributed by atoms with van der Waals surface area (Å²) in [6.07, 6.45) is 5.78. The lowest BCUT2D eigenvalue weighted by Crippen LogP contribution is -2.55. The zero-order valence-corrected chi connectivity index (χ0v) is 24.6. The second-order valence-electron chi connectivity index (χ2n) is 12.0. The molecule has 1 unspecified atom stereocenters. The molecular formula is C31H38BrN5O2. The van der Waals surface area contributed by atoms with Gasteiger partial charge < -0.3 is 20.5 Å². The Kier molecular flexibility index (Phi) is 7.96. The number of amides is 2. The average molecular weight is 593 g/mol. The number of rotatable bonds is 5. The van der Waals surface area contributed by atoms with Crippen LogP contribution in [0.1, 0.15) is 79.3 Å². The number of imidazole rings is 1. The third-order valence-electron chi connectivity index (χ3n) is 8.04. The van der Waals surface area contributed by atoms with Gasteiger partial charge in [0.15, 0.2) is 0 Å². The van der Waals surface area contributed by atoms with E-state index in [9.17, 15) is 9.59 Å². The van der Waals surface area contributed by atoms with E-state index < -0.39 is 6.04 Å². The summed E-state index contributed by atoms with van der Waals surface area (Å²) in [4.78, 5) is 33.8. The van der Waals surface area contributed by atoms with Gasteiger partial charge in [-0.3, -0.25) is 9.59 Å². The summed E-state index contributed by atoms with van der Waals surface area (Å²) in [5.74, 6) is -0.271. The highest BCUT2D eigenvalue weighted by Gasteiger charge is 2.38. The fourth-order valence-corrected chi connectivity index (χ4v) is 6.01. The first-order chi connectivity index (χ1) is 18.6. The van der Waals surface area contributed by atoms with Crippen LogP contribution in [-0.2, 0) is 29.7 Å². The number of carbonyl (C=O) groups is 2. The zero-order chi connectivity index (χ0) is 27.7. The molecule has 2 heterocycles. The van der Waals surface area contributed by atoms with Crippen LogP contribution >= 0.6 is 15.9 Å². The van der Waals surface area contributed by atoms with Crippen molar-refractivity contribution in [3.63, 3.8) is 0 Å². The molecular weight excluding hydrogens is 554 g/mol. The highest BCUT2D eigenvalue weighted by Crippen LogP contribution is 2.28. The van der Waals surface area contributed by atoms with Crippen LogP contribution in [0.15, 0.2) is 59.3 Å². The summed E-state index contributed by atoms with van der Waals surface area (Å²) in [6, 6.07) is 15.7. The molecule has 1 saturated carbocycles. The third kappa shape index (κ3) is 6.28. The van der Waals surface area contributed by atoms with Crippen molar-refractivity contribution in [2.45, 2.75) is 89.5 Å². The average Bonchev–Trinajstić information content (AvgIpc) is 3.30. The van der Waals surface area contributed by atoms with E-state index >= 15 is 0 Å². The molecule has 7 nitrogen and oxygen atoms in total. The van der Waals surface area contributed by atoms with E-state index in [0.717, 1.165) is 41.5 Å². The van der Waals surface area contributed by atoms with Gasteiger partial charge in [0.05, 0.1) is 24.3 Å². The third-order valence-corrected chi connectivity index (χ3v) is 8.54. The fraction of sp³-hybridized carbons (Fsp3) is 0.452. The Morgan fingerprint density at radius 3 is 2.46 bits per heavy atom. The minimum atomic E-state index is -0.617. The molecule has 2 amide bonds. The lowest BCUT2D eigenvalue weighted by Gasteiger charge is -2.36. The number of fused-ring (bicyclic) bond motifs is 1. The van der Waals surface area contributed by atoms with Crippen molar-refractivity contribution in [3.05, 3.63) is 87.4 Å². The van der Waals surface area contributed by atoms with Crippen molar-refractivity contribution in [3.8, 4) is 0 Å². The number of benzene rings is 2. The van der Waals surface area contributed by atoms with Crippen LogP contribution in [0.25, 0.3) is 0 Å². The maximum absolute atomic E-state index is 13.8. The Morgan fingerprint density at radius 1 is 1.08 bits per heavy atom. The Labute approximate surface area is 239 Å². The Morgan fingerprint density at radius 2 is 1.79 bits per heavy atom. The van der Waals surface area contributed by atoms with Gasteiger partial charge in [-0.2, -0.15) is 0 Å². The smallest absolute Gasteiger partial charge is 0.254 e. The minimum absolute atomic E-state index is 0.0927. The first-order valence-corrected chi connectivity index (χ1v) is 14.6. The predicted molar refractivity (Wildman–Crippen MR) is 156 cm³/mol. The number of hydrogen-bond acceptors (Lipinski definition) is 4. The molecule has 0 spiro atoms. The van der Waals surface area contributed by atoms with Gasteiger partial charge in [-0.1, -0.05) is 67.0 Å². The fourth-order valence-electron chi connectivity index (χ4n) is 5.61. The summed E-state index contributed by atoms with van der Waals surface area (Å²) in [5.41, 5.74) is 11.0. The second-order valence-corrected chi connectivity index (χ2v) is 12.9. The van der Waals surface area contributed by atoms with Crippen LogP contribution in [-0.4, -0.2) is 44.4 Å². The molecule has 1 atom stereocenters. The molecule has 206 valence electrons. The molecule has 8 heteroatoms. The summed E-state index contributed by atoms with van der Waals surface area (Å²) in [7, 11) is 0. The Bertz CT molecular complexity index is 1340. The van der Waals surface area contributed by atoms with Crippen molar-refractivity contribution >= 4 is 27.7 Å². The Hall–Kier alpha value is -2.97. The maximum atomic E-state index is 13.8. The maximum Gasteiger partial charge on any atom is 0.254 e. The van der Waals surface area contributed by atoms with Crippen LogP contribution < -0.4 is 11.1 Å². The monoisotopic (exact) mass is 591 g/mol. The van der Waals surface area contributed by atoms with Gasteiger partial charge in [-0.25, -0.2) is 4.98 Å². The van der Waals surface area contributed by atoms with E-state index in [1.54, 1.807) is 11.0 Å². The molecule has 1 aliphatic heterocycles. The van der Waals surface area contributed by atoms with Gasteiger partial charge >= 0.3 is 0 Å². The molecule has 1 aliphatic carbocycles. The van der Waals surface area contributed by atoms with Gasteiger partial charge in [-0.15, -0.1) is 0 Å². The molecule has 5 rings (SSSR count). The topological polar surface area (TPSA) is 93.2 Å². The SMILES string of the molecule is CC(C)(C)c1ccc(Cn2cnc3c2CN(C(=O)c2cccc(Br)c2)C(C(=O)NC2CCC(N)CC2)C3)cc1. The molecule has 39 heavy (non-hydrogen) atoms. The van der Waals surface area contributed by atoms with Crippen molar-refractivity contribution < 1.29 is 9.59 Å². The van der Waals surface area contributed by atoms with Gasteiger partial charge in [0.25, 0.3) is 5.91 Å². The molecule has 0 saturated heterocycles. The number of aromatic nitrogens is 2. The molecule has 2 aliphatic rings. The van der Waals surface area contributed by atoms with Crippen molar-refractivity contribution in [2.24, 2.45) is 5.73 Å². The van der Waals surface area contributed by atoms with Crippen LogP contribution in [0.2, 0.25) is 0 Å². The normalized spacial score (nSPS) is 21.4. The lowest BCUT2D eigenvalue weighted by molar-refractivity contribution is -0.127. The van der Waals surface area contributed by atoms with Crippen LogP contribution in [0.3, 0.4) is 0 Å². The van der Waals surface area contributed by atoms with E-state index in [4.69, 9.17) is 10.7 Å². The highest BCUT2D eigenvalue weighted by atomic mass is 79.9. The molecule has 1 aromatic heterocycles. The first kappa shape index (κ1) is 27.6. The lowest BCUT2D eigenvalue weighted by atomic mass is 9.87. The summed E-state index contributed by atoms with van der Waals surface area (Å²) in [6.45, 7) is 7.61. The van der Waals surface area contributed by atoms with Gasteiger partial charge in [-0.05, 0) is 60.4 Å². The van der Waals surface area contributed by atoms with Gasteiger partial charge in [0, 0.05) is 35.1 Å². The molecule has 0 bridgehead atoms. The number of halogens is 1. The summed E-state index contributed by atoms with van der Waals surface area (Å²) >= 11 is 3.48. The van der Waals surface area contributed by atoms with E-state index in [-0.39, 0.29) is 29.3 Å². The van der Waals surface area contributed by atoms with Crippen LogP contribution in [0, 0.1) is 0 Å². The van der Waals surface area contributed by atoms with E-state index in [2.05, 4.69) is 70.9 Å². The number of carbonyl (C=O) groups excluding carboxylic acids is 2. The number of nitrogens with two attached hydrogens (primary N) is 1. The van der Waals surface area contributed by atoms with Crippen LogP contribution in [0.4, 0.5) is 0 Å². The Balaban J connectivity index is 1.40. The number of hydrogen-bond donors (Lipinski definition) is 2. The quantitative estimate of drug-likeness (QED) is 0.439. The summed E-state index contributed by atoms with van der Waals surface area (Å²) < 4.78 is 2.94. The highest BCUT2D eigenvalue weighted by molar-refractivity contribution is 9.10. The minimum Gasteiger partial charge on any atom is -0.352 e. The molecule has 2 aromatic carbocycles. The molecule has 3 aromatic rings. The first-order valence-electron chi connectivity index (χ1n) is 13.8. The molecule has 0 radical (unpaired) electrons. The standard InChI is InChI=1S/C31H38BrN5O2/c1-31(2,3)22-9-7-20(8-10-22)17-36-19-34-26-16-27(29(38)35-25-13-11-24(33)12-14-25)37(18-28(26)36)30(39)21-5-4-6-23(32)15-21/h4-10,15,19,24-25,27H,11-14,16-18,33H2,1-3H3,(H,35,38).